The first kappa shape index (κ1) is 32.4. The molecule has 45 heavy (non-hydrogen) atoms. The minimum absolute atomic E-state index is 0.0170. The fraction of sp³-hybridized carbons (Fsp3) is 0.424. The first-order valence-corrected chi connectivity index (χ1v) is 14.4. The Balaban J connectivity index is 1.05. The van der Waals surface area contributed by atoms with E-state index in [2.05, 4.69) is 13.8 Å². The number of ether oxygens (including phenoxy) is 9. The van der Waals surface area contributed by atoms with Gasteiger partial charge in [0.25, 0.3) is 6.43 Å². The van der Waals surface area contributed by atoms with Crippen LogP contribution in [0.15, 0.2) is 66.7 Å². The molecule has 10 nitrogen and oxygen atoms in total. The summed E-state index contributed by atoms with van der Waals surface area (Å²) in [5, 5.41) is 0. The zero-order valence-electron chi connectivity index (χ0n) is 25.1. The third kappa shape index (κ3) is 9.27. The highest BCUT2D eigenvalue weighted by Gasteiger charge is 2.34. The van der Waals surface area contributed by atoms with Gasteiger partial charge in [0.1, 0.15) is 28.7 Å². The van der Waals surface area contributed by atoms with Gasteiger partial charge in [-0.05, 0) is 66.7 Å². The molecule has 12 heteroatoms. The second-order valence-corrected chi connectivity index (χ2v) is 11.6. The number of hydrogen-bond donors (Lipinski definition) is 0. The van der Waals surface area contributed by atoms with Crippen LogP contribution in [0.25, 0.3) is 0 Å². The van der Waals surface area contributed by atoms with Crippen molar-refractivity contribution in [3.63, 3.8) is 0 Å². The van der Waals surface area contributed by atoms with E-state index in [0.29, 0.717) is 56.9 Å². The number of carbonyl (C=O) groups excluding carboxylic acids is 1. The summed E-state index contributed by atoms with van der Waals surface area (Å²) in [5.74, 6) is 0.671. The van der Waals surface area contributed by atoms with Crippen molar-refractivity contribution in [3.8, 4) is 28.7 Å². The molecular formula is C33H36F2O10. The molecule has 2 aliphatic heterocycles. The molecule has 2 fully saturated rings. The molecule has 0 amide bonds. The van der Waals surface area contributed by atoms with Gasteiger partial charge in [-0.1, -0.05) is 13.8 Å². The van der Waals surface area contributed by atoms with Crippen molar-refractivity contribution in [1.29, 1.82) is 0 Å². The van der Waals surface area contributed by atoms with Crippen LogP contribution >= 0.6 is 0 Å². The van der Waals surface area contributed by atoms with Crippen molar-refractivity contribution < 1.29 is 56.2 Å². The molecule has 2 heterocycles. The maximum Gasteiger partial charge on any atom is 0.343 e. The Morgan fingerprint density at radius 3 is 1.62 bits per heavy atom. The number of esters is 1. The Morgan fingerprint density at radius 2 is 1.16 bits per heavy atom. The molecular weight excluding hydrogens is 594 g/mol. The van der Waals surface area contributed by atoms with E-state index in [1.807, 2.05) is 0 Å². The van der Waals surface area contributed by atoms with E-state index in [4.69, 9.17) is 42.6 Å². The third-order valence-electron chi connectivity index (χ3n) is 7.10. The summed E-state index contributed by atoms with van der Waals surface area (Å²) in [6, 6.07) is 16.7. The molecule has 2 aliphatic rings. The predicted molar refractivity (Wildman–Crippen MR) is 156 cm³/mol. The van der Waals surface area contributed by atoms with E-state index >= 15 is 0 Å². The molecule has 0 bridgehead atoms. The quantitative estimate of drug-likeness (QED) is 0.0760. The average molecular weight is 631 g/mol. The molecule has 242 valence electrons. The van der Waals surface area contributed by atoms with Crippen molar-refractivity contribution in [1.82, 2.24) is 0 Å². The van der Waals surface area contributed by atoms with Crippen LogP contribution in [0.4, 0.5) is 8.78 Å². The lowest BCUT2D eigenvalue weighted by atomic mass is 9.90. The number of hydrogen-bond acceptors (Lipinski definition) is 10. The fourth-order valence-electron chi connectivity index (χ4n) is 4.40. The van der Waals surface area contributed by atoms with Gasteiger partial charge in [0, 0.05) is 10.8 Å². The maximum absolute atomic E-state index is 13.8. The van der Waals surface area contributed by atoms with E-state index in [-0.39, 0.29) is 48.3 Å². The van der Waals surface area contributed by atoms with E-state index in [9.17, 15) is 13.6 Å². The number of carbonyl (C=O) groups is 1. The zero-order valence-corrected chi connectivity index (χ0v) is 25.1. The van der Waals surface area contributed by atoms with Gasteiger partial charge in [0.15, 0.2) is 13.6 Å². The van der Waals surface area contributed by atoms with Gasteiger partial charge in [-0.2, -0.15) is 0 Å². The molecule has 2 saturated heterocycles. The molecule has 3 aromatic rings. The Hall–Kier alpha value is -3.97. The number of benzene rings is 3. The molecule has 0 aliphatic carbocycles. The van der Waals surface area contributed by atoms with E-state index < -0.39 is 18.0 Å². The molecule has 0 saturated carbocycles. The standard InChI is InChI=1S/C33H36F2O10/c1-32(14-37-15-32)18-39-20-41-24-5-3-23(4-6-24)31(36)45-27-11-12-29(28(13-27)30(34)35)44-22-43-26-9-7-25(8-10-26)42-21-40-19-33(2)16-38-17-33/h3-13,30H,14-22H2,1-2H3. The number of rotatable bonds is 17. The van der Waals surface area contributed by atoms with Crippen LogP contribution in [0.2, 0.25) is 0 Å². The summed E-state index contributed by atoms with van der Waals surface area (Å²) in [4.78, 5) is 12.6. The molecule has 3 aromatic carbocycles. The zero-order chi connectivity index (χ0) is 31.7. The van der Waals surface area contributed by atoms with Crippen LogP contribution in [0, 0.1) is 10.8 Å². The minimum Gasteiger partial charge on any atom is -0.468 e. The monoisotopic (exact) mass is 630 g/mol. The molecule has 0 radical (unpaired) electrons. The lowest BCUT2D eigenvalue weighted by molar-refractivity contribution is -0.151. The first-order valence-electron chi connectivity index (χ1n) is 14.4. The second kappa shape index (κ2) is 14.9. The van der Waals surface area contributed by atoms with Crippen molar-refractivity contribution >= 4 is 5.97 Å². The lowest BCUT2D eigenvalue weighted by Crippen LogP contribution is -2.43. The summed E-state index contributed by atoms with van der Waals surface area (Å²) in [5.41, 5.74) is -0.166. The van der Waals surface area contributed by atoms with Crippen molar-refractivity contribution in [3.05, 3.63) is 77.9 Å². The number of alkyl halides is 2. The molecule has 0 atom stereocenters. The Morgan fingerprint density at radius 1 is 0.689 bits per heavy atom. The van der Waals surface area contributed by atoms with E-state index in [1.165, 1.54) is 24.3 Å². The molecule has 0 spiro atoms. The summed E-state index contributed by atoms with van der Waals surface area (Å²) in [6.45, 7) is 7.74. The highest BCUT2D eigenvalue weighted by atomic mass is 19.3. The SMILES string of the molecule is CC1(COCOc2ccc(OCOc3ccc(OC(=O)c4ccc(OCOCC5(C)COC5)cc4)cc3C(F)F)cc2)COC1. The van der Waals surface area contributed by atoms with Crippen LogP contribution in [-0.2, 0) is 18.9 Å². The van der Waals surface area contributed by atoms with Crippen molar-refractivity contribution in [2.24, 2.45) is 10.8 Å². The van der Waals surface area contributed by atoms with Gasteiger partial charge in [-0.3, -0.25) is 0 Å². The normalized spacial score (nSPS) is 16.3. The van der Waals surface area contributed by atoms with Crippen LogP contribution in [0.1, 0.15) is 36.2 Å². The van der Waals surface area contributed by atoms with Gasteiger partial charge in [0.05, 0.1) is 50.8 Å². The highest BCUT2D eigenvalue weighted by Crippen LogP contribution is 2.33. The van der Waals surface area contributed by atoms with Gasteiger partial charge in [-0.25, -0.2) is 13.6 Å². The fourth-order valence-corrected chi connectivity index (χ4v) is 4.40. The van der Waals surface area contributed by atoms with Crippen LogP contribution in [-0.4, -0.2) is 66.0 Å². The molecule has 5 rings (SSSR count). The summed E-state index contributed by atoms with van der Waals surface area (Å²) in [6.07, 6.45) is -2.88. The summed E-state index contributed by atoms with van der Waals surface area (Å²) in [7, 11) is 0. The van der Waals surface area contributed by atoms with Crippen molar-refractivity contribution in [2.75, 3.05) is 60.0 Å². The first-order chi connectivity index (χ1) is 21.7. The molecule has 0 aromatic heterocycles. The van der Waals surface area contributed by atoms with E-state index in [0.717, 1.165) is 6.07 Å². The average Bonchev–Trinajstić information content (AvgIpc) is 3.01. The highest BCUT2D eigenvalue weighted by molar-refractivity contribution is 5.91. The molecule has 0 N–H and O–H groups in total. The summed E-state index contributed by atoms with van der Waals surface area (Å²) < 4.78 is 76.5. The Labute approximate surface area is 260 Å². The Kier molecular flexibility index (Phi) is 10.7. The van der Waals surface area contributed by atoms with Crippen LogP contribution in [0.5, 0.6) is 28.7 Å². The van der Waals surface area contributed by atoms with E-state index in [1.54, 1.807) is 36.4 Å². The van der Waals surface area contributed by atoms with Crippen LogP contribution in [0.3, 0.4) is 0 Å². The predicted octanol–water partition coefficient (Wildman–Crippen LogP) is 6.04. The molecule has 0 unspecified atom stereocenters. The summed E-state index contributed by atoms with van der Waals surface area (Å²) >= 11 is 0. The van der Waals surface area contributed by atoms with Gasteiger partial charge >= 0.3 is 5.97 Å². The smallest absolute Gasteiger partial charge is 0.343 e. The van der Waals surface area contributed by atoms with Gasteiger partial charge in [-0.15, -0.1) is 0 Å². The topological polar surface area (TPSA) is 100 Å². The number of halogens is 2. The van der Waals surface area contributed by atoms with Crippen LogP contribution < -0.4 is 23.7 Å². The van der Waals surface area contributed by atoms with Gasteiger partial charge < -0.3 is 42.6 Å². The minimum atomic E-state index is -2.88. The van der Waals surface area contributed by atoms with Gasteiger partial charge in [0.2, 0.25) is 6.79 Å². The third-order valence-corrected chi connectivity index (χ3v) is 7.10. The Bertz CT molecular complexity index is 1390. The largest absolute Gasteiger partial charge is 0.468 e. The maximum atomic E-state index is 13.8. The second-order valence-electron chi connectivity index (χ2n) is 11.6. The lowest BCUT2D eigenvalue weighted by Gasteiger charge is -2.37. The van der Waals surface area contributed by atoms with Crippen molar-refractivity contribution in [2.45, 2.75) is 20.3 Å².